The first-order valence-corrected chi connectivity index (χ1v) is 7.88. The van der Waals surface area contributed by atoms with Crippen molar-refractivity contribution in [3.8, 4) is 5.75 Å². The number of amides is 1. The summed E-state index contributed by atoms with van der Waals surface area (Å²) < 4.78 is 6.22. The van der Waals surface area contributed by atoms with Gasteiger partial charge in [0.05, 0.1) is 12.8 Å². The molecule has 1 aliphatic heterocycles. The Morgan fingerprint density at radius 2 is 2.19 bits per heavy atom. The van der Waals surface area contributed by atoms with Crippen LogP contribution in [0.25, 0.3) is 10.1 Å². The Morgan fingerprint density at radius 1 is 1.43 bits per heavy atom. The van der Waals surface area contributed by atoms with Gasteiger partial charge in [-0.15, -0.1) is 11.3 Å². The lowest BCUT2D eigenvalue weighted by Gasteiger charge is -2.19. The minimum Gasteiger partial charge on any atom is -0.497 e. The number of nitrogens with zero attached hydrogens (tertiary/aromatic N) is 1. The number of likely N-dealkylation sites (tertiary alicyclic amines) is 1. The number of hydrogen-bond donors (Lipinski definition) is 1. The summed E-state index contributed by atoms with van der Waals surface area (Å²) in [5.74, 6) is 0.836. The molecule has 3 rings (SSSR count). The van der Waals surface area contributed by atoms with Gasteiger partial charge in [-0.25, -0.2) is 0 Å². The number of ether oxygens (including phenoxy) is 1. The fraction of sp³-hybridized carbons (Fsp3) is 0.438. The molecule has 1 aliphatic rings. The Bertz CT molecular complexity index is 706. The molecule has 1 amide bonds. The van der Waals surface area contributed by atoms with Crippen LogP contribution < -0.4 is 10.5 Å². The highest BCUT2D eigenvalue weighted by Crippen LogP contribution is 2.38. The van der Waals surface area contributed by atoms with E-state index in [9.17, 15) is 4.79 Å². The molecule has 4 nitrogen and oxygen atoms in total. The van der Waals surface area contributed by atoms with E-state index in [4.69, 9.17) is 10.5 Å². The van der Waals surface area contributed by atoms with Crippen LogP contribution in [0.3, 0.4) is 0 Å². The Balaban J connectivity index is 1.97. The zero-order valence-corrected chi connectivity index (χ0v) is 13.4. The first-order valence-electron chi connectivity index (χ1n) is 7.06. The van der Waals surface area contributed by atoms with Crippen molar-refractivity contribution in [3.63, 3.8) is 0 Å². The summed E-state index contributed by atoms with van der Waals surface area (Å²) in [7, 11) is 1.64. The number of nitrogens with two attached hydrogens (primary N) is 1. The molecule has 1 aromatic carbocycles. The lowest BCUT2D eigenvalue weighted by molar-refractivity contribution is 0.0784. The number of thiophene rings is 1. The topological polar surface area (TPSA) is 55.6 Å². The minimum absolute atomic E-state index is 0.0539. The van der Waals surface area contributed by atoms with Gasteiger partial charge in [0, 0.05) is 23.2 Å². The predicted octanol–water partition coefficient (Wildman–Crippen LogP) is 3.36. The lowest BCUT2D eigenvalue weighted by atomic mass is 9.93. The number of hydrogen-bond acceptors (Lipinski definition) is 4. The van der Waals surface area contributed by atoms with E-state index in [1.54, 1.807) is 7.11 Å². The second-order valence-corrected chi connectivity index (χ2v) is 7.40. The number of carbonyl (C=O) groups is 1. The second-order valence-electron chi connectivity index (χ2n) is 6.35. The van der Waals surface area contributed by atoms with Crippen LogP contribution in [0.5, 0.6) is 5.75 Å². The monoisotopic (exact) mass is 304 g/mol. The van der Waals surface area contributed by atoms with E-state index in [0.29, 0.717) is 10.6 Å². The van der Waals surface area contributed by atoms with Crippen LogP contribution in [0.15, 0.2) is 18.2 Å². The van der Waals surface area contributed by atoms with Crippen molar-refractivity contribution in [2.24, 2.45) is 5.41 Å². The van der Waals surface area contributed by atoms with Crippen molar-refractivity contribution in [1.29, 1.82) is 0 Å². The smallest absolute Gasteiger partial charge is 0.266 e. The average molecular weight is 304 g/mol. The predicted molar refractivity (Wildman–Crippen MR) is 87.1 cm³/mol. The normalized spacial score (nSPS) is 17.4. The molecule has 0 bridgehead atoms. The molecule has 5 heteroatoms. The molecule has 21 heavy (non-hydrogen) atoms. The SMILES string of the molecule is COc1ccc2c(N)c(C(=O)N3CCC(C)(C)C3)sc2c1. The third kappa shape index (κ3) is 2.46. The summed E-state index contributed by atoms with van der Waals surface area (Å²) in [4.78, 5) is 15.3. The molecule has 1 saturated heterocycles. The maximum atomic E-state index is 12.7. The van der Waals surface area contributed by atoms with Gasteiger partial charge < -0.3 is 15.4 Å². The Morgan fingerprint density at radius 3 is 2.81 bits per heavy atom. The van der Waals surface area contributed by atoms with Gasteiger partial charge in [-0.05, 0) is 30.0 Å². The first kappa shape index (κ1) is 14.2. The highest BCUT2D eigenvalue weighted by molar-refractivity contribution is 7.21. The van der Waals surface area contributed by atoms with Crippen molar-refractivity contribution >= 4 is 33.0 Å². The molecule has 112 valence electrons. The molecule has 0 atom stereocenters. The molecular weight excluding hydrogens is 284 g/mol. The number of anilines is 1. The molecule has 1 aromatic heterocycles. The van der Waals surface area contributed by atoms with Crippen LogP contribution in [0.4, 0.5) is 5.69 Å². The molecule has 0 unspecified atom stereocenters. The number of nitrogen functional groups attached to an aromatic ring is 1. The number of rotatable bonds is 2. The highest BCUT2D eigenvalue weighted by atomic mass is 32.1. The van der Waals surface area contributed by atoms with Crippen LogP contribution >= 0.6 is 11.3 Å². The van der Waals surface area contributed by atoms with Crippen LogP contribution in [-0.4, -0.2) is 31.0 Å². The molecule has 2 heterocycles. The van der Waals surface area contributed by atoms with Crippen molar-refractivity contribution in [2.45, 2.75) is 20.3 Å². The Kier molecular flexibility index (Phi) is 3.32. The fourth-order valence-electron chi connectivity index (χ4n) is 2.81. The maximum Gasteiger partial charge on any atom is 0.266 e. The molecule has 2 N–H and O–H groups in total. The molecule has 2 aromatic rings. The van der Waals surface area contributed by atoms with Gasteiger partial charge in [0.25, 0.3) is 5.91 Å². The van der Waals surface area contributed by atoms with E-state index < -0.39 is 0 Å². The van der Waals surface area contributed by atoms with Crippen LogP contribution in [0.1, 0.15) is 29.9 Å². The van der Waals surface area contributed by atoms with Gasteiger partial charge >= 0.3 is 0 Å². The molecule has 1 fully saturated rings. The molecular formula is C16H20N2O2S. The minimum atomic E-state index is 0.0539. The van der Waals surface area contributed by atoms with Crippen molar-refractivity contribution < 1.29 is 9.53 Å². The summed E-state index contributed by atoms with van der Waals surface area (Å²) in [6.45, 7) is 5.99. The molecule has 0 aliphatic carbocycles. The van der Waals surface area contributed by atoms with Gasteiger partial charge in [-0.3, -0.25) is 4.79 Å². The Labute approximate surface area is 128 Å². The summed E-state index contributed by atoms with van der Waals surface area (Å²) in [6, 6.07) is 5.73. The summed E-state index contributed by atoms with van der Waals surface area (Å²) in [5.41, 5.74) is 6.98. The summed E-state index contributed by atoms with van der Waals surface area (Å²) in [5, 5.41) is 0.933. The van der Waals surface area contributed by atoms with E-state index in [1.165, 1.54) is 11.3 Å². The van der Waals surface area contributed by atoms with E-state index in [1.807, 2.05) is 23.1 Å². The largest absolute Gasteiger partial charge is 0.497 e. The number of methoxy groups -OCH3 is 1. The zero-order chi connectivity index (χ0) is 15.2. The number of fused-ring (bicyclic) bond motifs is 1. The quantitative estimate of drug-likeness (QED) is 0.925. The fourth-order valence-corrected chi connectivity index (χ4v) is 3.93. The highest BCUT2D eigenvalue weighted by Gasteiger charge is 2.33. The summed E-state index contributed by atoms with van der Waals surface area (Å²) in [6.07, 6.45) is 1.04. The van der Waals surface area contributed by atoms with Crippen molar-refractivity contribution in [2.75, 3.05) is 25.9 Å². The van der Waals surface area contributed by atoms with E-state index in [-0.39, 0.29) is 11.3 Å². The van der Waals surface area contributed by atoms with Gasteiger partial charge in [-0.2, -0.15) is 0 Å². The summed E-state index contributed by atoms with van der Waals surface area (Å²) >= 11 is 1.45. The Hall–Kier alpha value is -1.75. The maximum absolute atomic E-state index is 12.7. The number of benzene rings is 1. The molecule has 0 spiro atoms. The average Bonchev–Trinajstić information content (AvgIpc) is 2.98. The molecule has 0 radical (unpaired) electrons. The van der Waals surface area contributed by atoms with Gasteiger partial charge in [-0.1, -0.05) is 13.8 Å². The van der Waals surface area contributed by atoms with E-state index >= 15 is 0 Å². The lowest BCUT2D eigenvalue weighted by Crippen LogP contribution is -2.30. The third-order valence-electron chi connectivity index (χ3n) is 4.09. The van der Waals surface area contributed by atoms with Crippen LogP contribution in [0, 0.1) is 5.41 Å². The van der Waals surface area contributed by atoms with Gasteiger partial charge in [0.2, 0.25) is 0 Å². The van der Waals surface area contributed by atoms with Crippen LogP contribution in [0.2, 0.25) is 0 Å². The second kappa shape index (κ2) is 4.91. The first-order chi connectivity index (χ1) is 9.91. The van der Waals surface area contributed by atoms with E-state index in [0.717, 1.165) is 35.3 Å². The third-order valence-corrected chi connectivity index (χ3v) is 5.25. The molecule has 0 saturated carbocycles. The van der Waals surface area contributed by atoms with Gasteiger partial charge in [0.1, 0.15) is 10.6 Å². The van der Waals surface area contributed by atoms with Gasteiger partial charge in [0.15, 0.2) is 0 Å². The van der Waals surface area contributed by atoms with E-state index in [2.05, 4.69) is 13.8 Å². The standard InChI is InChI=1S/C16H20N2O2S/c1-16(2)6-7-18(9-16)15(19)14-13(17)11-5-4-10(20-3)8-12(11)21-14/h4-5,8H,6-7,9,17H2,1-3H3. The zero-order valence-electron chi connectivity index (χ0n) is 12.6. The van der Waals surface area contributed by atoms with Crippen LogP contribution in [-0.2, 0) is 0 Å². The number of carbonyl (C=O) groups excluding carboxylic acids is 1. The van der Waals surface area contributed by atoms with Crippen molar-refractivity contribution in [1.82, 2.24) is 4.90 Å². The van der Waals surface area contributed by atoms with Crippen molar-refractivity contribution in [3.05, 3.63) is 23.1 Å².